The maximum absolute atomic E-state index is 12.5. The molecule has 27 heavy (non-hydrogen) atoms. The van der Waals surface area contributed by atoms with Crippen LogP contribution >= 0.6 is 0 Å². The van der Waals surface area contributed by atoms with Gasteiger partial charge in [0.2, 0.25) is 5.78 Å². The molecule has 0 spiro atoms. The summed E-state index contributed by atoms with van der Waals surface area (Å²) in [6.45, 7) is -0.551. The SMILES string of the molecule is CN1C(=C(C#N)C(=O)COC(=O)c2ccc(O)cc2)N(C)c2ccccc21. The highest BCUT2D eigenvalue weighted by atomic mass is 16.5. The summed E-state index contributed by atoms with van der Waals surface area (Å²) in [4.78, 5) is 28.1. The minimum Gasteiger partial charge on any atom is -0.508 e. The second-order valence-corrected chi connectivity index (χ2v) is 5.96. The molecule has 0 saturated heterocycles. The van der Waals surface area contributed by atoms with E-state index in [2.05, 4.69) is 0 Å². The smallest absolute Gasteiger partial charge is 0.338 e. The topological polar surface area (TPSA) is 93.9 Å². The van der Waals surface area contributed by atoms with Gasteiger partial charge in [0.15, 0.2) is 6.61 Å². The molecule has 0 aromatic heterocycles. The molecule has 7 nitrogen and oxygen atoms in total. The fourth-order valence-electron chi connectivity index (χ4n) is 2.94. The molecule has 0 bridgehead atoms. The van der Waals surface area contributed by atoms with Crippen LogP contribution in [0.1, 0.15) is 10.4 Å². The van der Waals surface area contributed by atoms with Gasteiger partial charge in [-0.2, -0.15) is 5.26 Å². The van der Waals surface area contributed by atoms with Gasteiger partial charge >= 0.3 is 5.97 Å². The van der Waals surface area contributed by atoms with Crippen molar-refractivity contribution < 1.29 is 19.4 Å². The van der Waals surface area contributed by atoms with Gasteiger partial charge in [-0.3, -0.25) is 4.79 Å². The van der Waals surface area contributed by atoms with Crippen LogP contribution in [0.25, 0.3) is 0 Å². The van der Waals surface area contributed by atoms with Crippen molar-refractivity contribution in [2.24, 2.45) is 0 Å². The van der Waals surface area contributed by atoms with Gasteiger partial charge in [0.1, 0.15) is 23.2 Å². The molecule has 2 aromatic carbocycles. The van der Waals surface area contributed by atoms with E-state index in [0.717, 1.165) is 11.4 Å². The zero-order chi connectivity index (χ0) is 19.6. The van der Waals surface area contributed by atoms with E-state index in [1.807, 2.05) is 30.3 Å². The Labute approximate surface area is 156 Å². The van der Waals surface area contributed by atoms with E-state index in [1.54, 1.807) is 23.9 Å². The van der Waals surface area contributed by atoms with Crippen molar-refractivity contribution in [3.05, 3.63) is 65.5 Å². The fourth-order valence-corrected chi connectivity index (χ4v) is 2.94. The van der Waals surface area contributed by atoms with E-state index >= 15 is 0 Å². The molecule has 1 aliphatic heterocycles. The van der Waals surface area contributed by atoms with Crippen molar-refractivity contribution in [2.45, 2.75) is 0 Å². The summed E-state index contributed by atoms with van der Waals surface area (Å²) in [5.74, 6) is -0.844. The first-order valence-corrected chi connectivity index (χ1v) is 8.14. The highest BCUT2D eigenvalue weighted by Gasteiger charge is 2.31. The third kappa shape index (κ3) is 3.33. The van der Waals surface area contributed by atoms with Gasteiger partial charge < -0.3 is 19.6 Å². The lowest BCUT2D eigenvalue weighted by atomic mass is 10.2. The second-order valence-electron chi connectivity index (χ2n) is 5.96. The number of fused-ring (bicyclic) bond motifs is 1. The summed E-state index contributed by atoms with van der Waals surface area (Å²) in [6.07, 6.45) is 0. The molecule has 136 valence electrons. The summed E-state index contributed by atoms with van der Waals surface area (Å²) in [6, 6.07) is 14.9. The Bertz CT molecular complexity index is 942. The number of phenolic OH excluding ortho intramolecular Hbond substituents is 1. The second kappa shape index (κ2) is 7.22. The summed E-state index contributed by atoms with van der Waals surface area (Å²) in [5.41, 5.74) is 1.86. The number of rotatable bonds is 4. The molecule has 1 aliphatic rings. The van der Waals surface area contributed by atoms with Gasteiger partial charge in [0, 0.05) is 14.1 Å². The molecule has 0 saturated carbocycles. The molecule has 3 rings (SSSR count). The van der Waals surface area contributed by atoms with E-state index in [9.17, 15) is 20.0 Å². The molecule has 0 atom stereocenters. The summed E-state index contributed by atoms with van der Waals surface area (Å²) >= 11 is 0. The number of benzene rings is 2. The number of para-hydroxylation sites is 2. The minimum atomic E-state index is -0.706. The Morgan fingerprint density at radius 1 is 1.04 bits per heavy atom. The third-order valence-electron chi connectivity index (χ3n) is 4.29. The van der Waals surface area contributed by atoms with Crippen LogP contribution in [0.3, 0.4) is 0 Å². The lowest BCUT2D eigenvalue weighted by Crippen LogP contribution is -2.27. The number of hydrogen-bond acceptors (Lipinski definition) is 7. The van der Waals surface area contributed by atoms with Crippen molar-refractivity contribution >= 4 is 23.1 Å². The predicted octanol–water partition coefficient (Wildman–Crippen LogP) is 2.44. The molecular formula is C20H17N3O4. The van der Waals surface area contributed by atoms with Crippen LogP contribution in [0.5, 0.6) is 5.75 Å². The van der Waals surface area contributed by atoms with Gasteiger partial charge in [-0.15, -0.1) is 0 Å². The van der Waals surface area contributed by atoms with Crippen molar-refractivity contribution in [3.63, 3.8) is 0 Å². The molecule has 1 heterocycles. The first-order valence-electron chi connectivity index (χ1n) is 8.14. The van der Waals surface area contributed by atoms with Crippen LogP contribution in [0.4, 0.5) is 11.4 Å². The number of esters is 1. The van der Waals surface area contributed by atoms with E-state index in [-0.39, 0.29) is 16.9 Å². The molecule has 1 N–H and O–H groups in total. The number of phenols is 1. The quantitative estimate of drug-likeness (QED) is 0.506. The Morgan fingerprint density at radius 2 is 1.59 bits per heavy atom. The van der Waals surface area contributed by atoms with E-state index in [0.29, 0.717) is 5.82 Å². The number of ketones is 1. The predicted molar refractivity (Wildman–Crippen MR) is 99.3 cm³/mol. The number of carbonyl (C=O) groups is 2. The number of ether oxygens (including phenoxy) is 1. The van der Waals surface area contributed by atoms with Crippen LogP contribution in [0, 0.1) is 11.3 Å². The van der Waals surface area contributed by atoms with Crippen LogP contribution in [0.2, 0.25) is 0 Å². The largest absolute Gasteiger partial charge is 0.508 e. The van der Waals surface area contributed by atoms with Crippen molar-refractivity contribution in [1.29, 1.82) is 5.26 Å². The highest BCUT2D eigenvalue weighted by Crippen LogP contribution is 2.40. The molecule has 0 fully saturated rings. The molecule has 2 aromatic rings. The van der Waals surface area contributed by atoms with Gasteiger partial charge in [0.25, 0.3) is 0 Å². The summed E-state index contributed by atoms with van der Waals surface area (Å²) in [5, 5.41) is 18.8. The van der Waals surface area contributed by atoms with Gasteiger partial charge in [0.05, 0.1) is 16.9 Å². The molecule has 0 unspecified atom stereocenters. The Morgan fingerprint density at radius 3 is 2.11 bits per heavy atom. The maximum atomic E-state index is 12.5. The number of hydrogen-bond donors (Lipinski definition) is 1. The van der Waals surface area contributed by atoms with Gasteiger partial charge in [-0.25, -0.2) is 4.79 Å². The Kier molecular flexibility index (Phi) is 4.81. The van der Waals surface area contributed by atoms with Crippen molar-refractivity contribution in [3.8, 4) is 11.8 Å². The number of Topliss-reactive ketones (excluding diaryl/α,β-unsaturated/α-hetero) is 1. The van der Waals surface area contributed by atoms with Crippen molar-refractivity contribution in [2.75, 3.05) is 30.5 Å². The third-order valence-corrected chi connectivity index (χ3v) is 4.29. The normalized spacial score (nSPS) is 12.4. The minimum absolute atomic E-state index is 0.0194. The Hall–Kier alpha value is -3.79. The monoisotopic (exact) mass is 363 g/mol. The first-order chi connectivity index (χ1) is 12.9. The van der Waals surface area contributed by atoms with Crippen LogP contribution in [0.15, 0.2) is 59.9 Å². The number of anilines is 2. The van der Waals surface area contributed by atoms with E-state index < -0.39 is 18.4 Å². The van der Waals surface area contributed by atoms with E-state index in [4.69, 9.17) is 4.74 Å². The average Bonchev–Trinajstić information content (AvgIpc) is 2.93. The molecular weight excluding hydrogens is 346 g/mol. The zero-order valence-electron chi connectivity index (χ0n) is 14.8. The van der Waals surface area contributed by atoms with Crippen LogP contribution in [-0.4, -0.2) is 37.6 Å². The maximum Gasteiger partial charge on any atom is 0.338 e. The van der Waals surface area contributed by atoms with Gasteiger partial charge in [-0.1, -0.05) is 12.1 Å². The summed E-state index contributed by atoms with van der Waals surface area (Å²) in [7, 11) is 3.54. The standard InChI is InChI=1S/C20H17N3O4/c1-22-16-5-3-4-6-17(16)23(2)19(22)15(11-21)18(25)12-27-20(26)13-7-9-14(24)10-8-13/h3-10,24H,12H2,1-2H3. The fraction of sp³-hybridized carbons (Fsp3) is 0.150. The lowest BCUT2D eigenvalue weighted by Gasteiger charge is -2.19. The Balaban J connectivity index is 1.79. The highest BCUT2D eigenvalue weighted by molar-refractivity contribution is 6.04. The first kappa shape index (κ1) is 18.0. The molecule has 0 amide bonds. The number of carbonyl (C=O) groups excluding carboxylic acids is 2. The lowest BCUT2D eigenvalue weighted by molar-refractivity contribution is -0.118. The van der Waals surface area contributed by atoms with Crippen LogP contribution < -0.4 is 9.80 Å². The zero-order valence-corrected chi connectivity index (χ0v) is 14.8. The van der Waals surface area contributed by atoms with Crippen LogP contribution in [-0.2, 0) is 9.53 Å². The average molecular weight is 363 g/mol. The molecule has 7 heteroatoms. The van der Waals surface area contributed by atoms with Crippen molar-refractivity contribution in [1.82, 2.24) is 0 Å². The number of aromatic hydroxyl groups is 1. The number of nitrogens with zero attached hydrogens (tertiary/aromatic N) is 3. The van der Waals surface area contributed by atoms with Gasteiger partial charge in [-0.05, 0) is 36.4 Å². The van der Waals surface area contributed by atoms with E-state index in [1.165, 1.54) is 24.3 Å². The number of nitriles is 1. The molecule has 0 aliphatic carbocycles. The summed E-state index contributed by atoms with van der Waals surface area (Å²) < 4.78 is 5.03. The molecule has 0 radical (unpaired) electrons.